The van der Waals surface area contributed by atoms with Crippen LogP contribution in [0.15, 0.2) is 12.3 Å². The second-order valence-corrected chi connectivity index (χ2v) is 4.55. The molecule has 118 valence electrons. The van der Waals surface area contributed by atoms with E-state index in [9.17, 15) is 23.4 Å². The van der Waals surface area contributed by atoms with Gasteiger partial charge in [0, 0.05) is 6.20 Å². The smallest absolute Gasteiger partial charge is 0.394 e. The van der Waals surface area contributed by atoms with E-state index in [0.29, 0.717) is 0 Å². The van der Waals surface area contributed by atoms with E-state index >= 15 is 0 Å². The van der Waals surface area contributed by atoms with E-state index in [2.05, 4.69) is 15.3 Å². The summed E-state index contributed by atoms with van der Waals surface area (Å²) >= 11 is 0. The van der Waals surface area contributed by atoms with Gasteiger partial charge in [-0.3, -0.25) is 0 Å². The zero-order valence-corrected chi connectivity index (χ0v) is 10.7. The van der Waals surface area contributed by atoms with E-state index in [0.717, 1.165) is 6.20 Å². The summed E-state index contributed by atoms with van der Waals surface area (Å²) in [6, 6.07) is 0.339. The van der Waals surface area contributed by atoms with Gasteiger partial charge in [-0.2, -0.15) is 13.2 Å². The van der Waals surface area contributed by atoms with Crippen LogP contribution in [-0.4, -0.2) is 62.9 Å². The van der Waals surface area contributed by atoms with Crippen molar-refractivity contribution in [3.05, 3.63) is 18.1 Å². The molecule has 1 aliphatic rings. The van der Waals surface area contributed by atoms with Gasteiger partial charge in [-0.05, 0) is 6.07 Å². The number of alkyl halides is 3. The number of rotatable bonds is 3. The molecule has 2 rings (SSSR count). The minimum absolute atomic E-state index is 0.102. The van der Waals surface area contributed by atoms with Crippen molar-refractivity contribution in [3.63, 3.8) is 0 Å². The van der Waals surface area contributed by atoms with Crippen LogP contribution in [0.2, 0.25) is 0 Å². The summed E-state index contributed by atoms with van der Waals surface area (Å²) in [5, 5.41) is 31.0. The summed E-state index contributed by atoms with van der Waals surface area (Å²) in [6.45, 7) is -0.578. The van der Waals surface area contributed by atoms with Crippen LogP contribution in [0.4, 0.5) is 19.0 Å². The predicted octanol–water partition coefficient (Wildman–Crippen LogP) is -0.611. The minimum Gasteiger partial charge on any atom is -0.394 e. The summed E-state index contributed by atoms with van der Waals surface area (Å²) in [5.74, 6) is -1.47. The van der Waals surface area contributed by atoms with Crippen molar-refractivity contribution in [1.29, 1.82) is 0 Å². The molecule has 0 spiro atoms. The standard InChI is InChI=1S/C11H14F3N3O4/c12-11(13,14)10-15-2-1-7(17-10)16-5-4-21-6(3-18)9(20)8(5)19/h1-2,5-6,8-9,18-20H,3-4H2,(H,15,16,17)/t5-,6+,8+,9-/m0/s1. The Hall–Kier alpha value is -1.49. The van der Waals surface area contributed by atoms with E-state index in [-0.39, 0.29) is 12.4 Å². The van der Waals surface area contributed by atoms with Crippen LogP contribution in [0.3, 0.4) is 0 Å². The molecule has 10 heteroatoms. The van der Waals surface area contributed by atoms with Crippen molar-refractivity contribution in [1.82, 2.24) is 9.97 Å². The highest BCUT2D eigenvalue weighted by Gasteiger charge is 2.39. The van der Waals surface area contributed by atoms with Gasteiger partial charge in [0.1, 0.15) is 24.1 Å². The number of aliphatic hydroxyl groups excluding tert-OH is 3. The molecule has 1 aromatic heterocycles. The van der Waals surface area contributed by atoms with Crippen LogP contribution < -0.4 is 5.32 Å². The normalized spacial score (nSPS) is 30.2. The second-order valence-electron chi connectivity index (χ2n) is 4.55. The first-order chi connectivity index (χ1) is 9.82. The molecule has 0 aromatic carbocycles. The number of hydrogen-bond donors (Lipinski definition) is 4. The number of nitrogens with one attached hydrogen (secondary N) is 1. The number of aliphatic hydroxyl groups is 3. The van der Waals surface area contributed by atoms with Crippen LogP contribution in [0.1, 0.15) is 5.82 Å². The quantitative estimate of drug-likeness (QED) is 0.590. The molecule has 1 aromatic rings. The fourth-order valence-corrected chi connectivity index (χ4v) is 1.94. The van der Waals surface area contributed by atoms with Crippen LogP contribution in [0.25, 0.3) is 0 Å². The van der Waals surface area contributed by atoms with Gasteiger partial charge in [-0.1, -0.05) is 0 Å². The fourth-order valence-electron chi connectivity index (χ4n) is 1.94. The molecule has 4 N–H and O–H groups in total. The van der Waals surface area contributed by atoms with Crippen LogP contribution in [0, 0.1) is 0 Å². The molecule has 0 saturated carbocycles. The van der Waals surface area contributed by atoms with Gasteiger partial charge >= 0.3 is 6.18 Å². The van der Waals surface area contributed by atoms with Gasteiger partial charge in [0.25, 0.3) is 0 Å². The highest BCUT2D eigenvalue weighted by Crippen LogP contribution is 2.27. The zero-order valence-electron chi connectivity index (χ0n) is 10.7. The third-order valence-corrected chi connectivity index (χ3v) is 3.06. The predicted molar refractivity (Wildman–Crippen MR) is 63.3 cm³/mol. The van der Waals surface area contributed by atoms with Gasteiger partial charge < -0.3 is 25.4 Å². The zero-order chi connectivity index (χ0) is 15.6. The number of ether oxygens (including phenoxy) is 1. The Bertz CT molecular complexity index is 488. The molecular weight excluding hydrogens is 295 g/mol. The lowest BCUT2D eigenvalue weighted by Crippen LogP contribution is -2.56. The van der Waals surface area contributed by atoms with E-state index in [1.807, 2.05) is 0 Å². The Balaban J connectivity index is 2.08. The van der Waals surface area contributed by atoms with Crippen LogP contribution >= 0.6 is 0 Å². The molecule has 21 heavy (non-hydrogen) atoms. The average Bonchev–Trinajstić information content (AvgIpc) is 2.44. The Kier molecular flexibility index (Phi) is 4.61. The molecule has 1 saturated heterocycles. The van der Waals surface area contributed by atoms with Crippen molar-refractivity contribution < 1.29 is 33.2 Å². The first kappa shape index (κ1) is 15.9. The molecule has 0 amide bonds. The highest BCUT2D eigenvalue weighted by molar-refractivity contribution is 5.35. The van der Waals surface area contributed by atoms with Crippen molar-refractivity contribution in [2.24, 2.45) is 0 Å². The second kappa shape index (κ2) is 6.10. The summed E-state index contributed by atoms with van der Waals surface area (Å²) in [5.41, 5.74) is 0. The average molecular weight is 309 g/mol. The Morgan fingerprint density at radius 3 is 2.67 bits per heavy atom. The molecule has 4 atom stereocenters. The lowest BCUT2D eigenvalue weighted by Gasteiger charge is -2.37. The molecule has 0 bridgehead atoms. The lowest BCUT2D eigenvalue weighted by molar-refractivity contribution is -0.152. The molecule has 1 aliphatic heterocycles. The highest BCUT2D eigenvalue weighted by atomic mass is 19.4. The first-order valence-electron chi connectivity index (χ1n) is 6.08. The van der Waals surface area contributed by atoms with Crippen molar-refractivity contribution in [2.45, 2.75) is 30.5 Å². The van der Waals surface area contributed by atoms with E-state index in [4.69, 9.17) is 9.84 Å². The van der Waals surface area contributed by atoms with Gasteiger partial charge in [0.15, 0.2) is 0 Å². The molecule has 0 unspecified atom stereocenters. The molecule has 7 nitrogen and oxygen atoms in total. The maximum Gasteiger partial charge on any atom is 0.451 e. The van der Waals surface area contributed by atoms with Crippen LogP contribution in [0.5, 0.6) is 0 Å². The fraction of sp³-hybridized carbons (Fsp3) is 0.636. The Morgan fingerprint density at radius 2 is 2.05 bits per heavy atom. The maximum absolute atomic E-state index is 12.5. The third-order valence-electron chi connectivity index (χ3n) is 3.06. The summed E-state index contributed by atoms with van der Waals surface area (Å²) < 4.78 is 42.6. The number of hydrogen-bond acceptors (Lipinski definition) is 7. The number of nitrogens with zero attached hydrogens (tertiary/aromatic N) is 2. The van der Waals surface area contributed by atoms with E-state index < -0.39 is 43.0 Å². The molecule has 0 radical (unpaired) electrons. The SMILES string of the molecule is OC[C@H]1OC[C@H](Nc2ccnc(C(F)(F)F)n2)[C@@H](O)[C@H]1O. The van der Waals surface area contributed by atoms with Gasteiger partial charge in [-0.25, -0.2) is 9.97 Å². The van der Waals surface area contributed by atoms with Gasteiger partial charge in [0.05, 0.1) is 19.3 Å². The molecular formula is C11H14F3N3O4. The molecule has 0 aliphatic carbocycles. The Labute approximate surface area is 117 Å². The summed E-state index contributed by atoms with van der Waals surface area (Å²) in [4.78, 5) is 6.40. The minimum atomic E-state index is -4.68. The van der Waals surface area contributed by atoms with Gasteiger partial charge in [0.2, 0.25) is 5.82 Å². The maximum atomic E-state index is 12.5. The van der Waals surface area contributed by atoms with Crippen molar-refractivity contribution in [3.8, 4) is 0 Å². The van der Waals surface area contributed by atoms with E-state index in [1.165, 1.54) is 6.07 Å². The van der Waals surface area contributed by atoms with E-state index in [1.54, 1.807) is 0 Å². The summed E-state index contributed by atoms with van der Waals surface area (Å²) in [6.07, 6.45) is -7.36. The third kappa shape index (κ3) is 3.59. The Morgan fingerprint density at radius 1 is 1.33 bits per heavy atom. The molecule has 1 fully saturated rings. The monoisotopic (exact) mass is 309 g/mol. The number of aromatic nitrogens is 2. The largest absolute Gasteiger partial charge is 0.451 e. The lowest BCUT2D eigenvalue weighted by atomic mass is 9.98. The first-order valence-corrected chi connectivity index (χ1v) is 6.08. The van der Waals surface area contributed by atoms with Gasteiger partial charge in [-0.15, -0.1) is 0 Å². The summed E-state index contributed by atoms with van der Waals surface area (Å²) in [7, 11) is 0. The number of anilines is 1. The number of halogens is 3. The topological polar surface area (TPSA) is 108 Å². The van der Waals surface area contributed by atoms with Crippen molar-refractivity contribution >= 4 is 5.82 Å². The van der Waals surface area contributed by atoms with Crippen molar-refractivity contribution in [2.75, 3.05) is 18.5 Å². The van der Waals surface area contributed by atoms with Crippen LogP contribution in [-0.2, 0) is 10.9 Å². The molecule has 2 heterocycles.